The zero-order valence-corrected chi connectivity index (χ0v) is 19.8. The molecule has 2 amide bonds. The summed E-state index contributed by atoms with van der Waals surface area (Å²) in [5, 5.41) is 3.26. The first kappa shape index (κ1) is 22.3. The average Bonchev–Trinajstić information content (AvgIpc) is 3.04. The summed E-state index contributed by atoms with van der Waals surface area (Å²) >= 11 is 0. The molecule has 3 aromatic carbocycles. The molecule has 5 heteroatoms. The van der Waals surface area contributed by atoms with E-state index in [2.05, 4.69) is 12.2 Å². The molecule has 1 heterocycles. The van der Waals surface area contributed by atoms with Gasteiger partial charge in [-0.1, -0.05) is 48.9 Å². The quantitative estimate of drug-likeness (QED) is 0.528. The minimum absolute atomic E-state index is 0.298. The summed E-state index contributed by atoms with van der Waals surface area (Å²) in [4.78, 5) is 30.6. The van der Waals surface area contributed by atoms with Crippen molar-refractivity contribution >= 4 is 34.4 Å². The molecule has 0 saturated carbocycles. The van der Waals surface area contributed by atoms with Gasteiger partial charge >= 0.3 is 0 Å². The number of anilines is 3. The summed E-state index contributed by atoms with van der Waals surface area (Å²) in [6, 6.07) is 21.3. The molecule has 0 spiro atoms. The van der Waals surface area contributed by atoms with Gasteiger partial charge in [-0.15, -0.1) is 0 Å². The number of amides is 2. The predicted molar refractivity (Wildman–Crippen MR) is 136 cm³/mol. The Morgan fingerprint density at radius 1 is 0.879 bits per heavy atom. The number of carbonyl (C=O) groups excluding carboxylic acids is 2. The lowest BCUT2D eigenvalue weighted by Gasteiger charge is -2.19. The van der Waals surface area contributed by atoms with Crippen LogP contribution in [0, 0.1) is 13.8 Å². The van der Waals surface area contributed by atoms with E-state index in [0.29, 0.717) is 17.0 Å². The van der Waals surface area contributed by atoms with Gasteiger partial charge < -0.3 is 10.2 Å². The molecule has 0 aliphatic carbocycles. The molecule has 5 nitrogen and oxygen atoms in total. The van der Waals surface area contributed by atoms with E-state index < -0.39 is 0 Å². The largest absolute Gasteiger partial charge is 0.378 e. The van der Waals surface area contributed by atoms with Gasteiger partial charge in [-0.05, 0) is 67.3 Å². The van der Waals surface area contributed by atoms with Crippen molar-refractivity contribution in [2.45, 2.75) is 27.2 Å². The minimum atomic E-state index is -0.356. The number of imide groups is 1. The Labute approximate surface area is 195 Å². The highest BCUT2D eigenvalue weighted by Gasteiger charge is 2.40. The lowest BCUT2D eigenvalue weighted by Crippen LogP contribution is -2.32. The van der Waals surface area contributed by atoms with Crippen molar-refractivity contribution in [3.8, 4) is 0 Å². The molecule has 4 rings (SSSR count). The van der Waals surface area contributed by atoms with Crippen LogP contribution in [-0.4, -0.2) is 25.9 Å². The van der Waals surface area contributed by atoms with Gasteiger partial charge in [0.05, 0.1) is 11.3 Å². The van der Waals surface area contributed by atoms with Crippen LogP contribution in [0.4, 0.5) is 17.1 Å². The Morgan fingerprint density at radius 2 is 1.61 bits per heavy atom. The van der Waals surface area contributed by atoms with E-state index in [0.717, 1.165) is 34.5 Å². The first-order chi connectivity index (χ1) is 15.8. The molecular weight excluding hydrogens is 410 g/mol. The molecular formula is C28H29N3O2. The van der Waals surface area contributed by atoms with E-state index in [4.69, 9.17) is 0 Å². The van der Waals surface area contributed by atoms with Crippen LogP contribution < -0.4 is 15.1 Å². The highest BCUT2D eigenvalue weighted by molar-refractivity contribution is 6.46. The topological polar surface area (TPSA) is 52.7 Å². The van der Waals surface area contributed by atoms with E-state index >= 15 is 0 Å². The minimum Gasteiger partial charge on any atom is -0.378 e. The number of hydrogen-bond acceptors (Lipinski definition) is 4. The molecule has 1 aliphatic rings. The smallest absolute Gasteiger partial charge is 0.282 e. The fourth-order valence-electron chi connectivity index (χ4n) is 4.10. The van der Waals surface area contributed by atoms with Crippen molar-refractivity contribution in [2.75, 3.05) is 29.2 Å². The second-order valence-corrected chi connectivity index (χ2v) is 8.60. The zero-order valence-electron chi connectivity index (χ0n) is 19.8. The van der Waals surface area contributed by atoms with Crippen LogP contribution in [0.15, 0.2) is 72.4 Å². The second-order valence-electron chi connectivity index (χ2n) is 8.60. The fourth-order valence-corrected chi connectivity index (χ4v) is 4.10. The number of carbonyl (C=O) groups is 2. The van der Waals surface area contributed by atoms with Gasteiger partial charge in [-0.3, -0.25) is 9.59 Å². The van der Waals surface area contributed by atoms with Crippen LogP contribution in [0.1, 0.15) is 29.2 Å². The van der Waals surface area contributed by atoms with E-state index in [-0.39, 0.29) is 11.8 Å². The summed E-state index contributed by atoms with van der Waals surface area (Å²) in [5.41, 5.74) is 6.96. The van der Waals surface area contributed by atoms with Crippen LogP contribution in [0.3, 0.4) is 0 Å². The number of benzene rings is 3. The van der Waals surface area contributed by atoms with Crippen LogP contribution in [0.5, 0.6) is 0 Å². The van der Waals surface area contributed by atoms with Gasteiger partial charge in [0.25, 0.3) is 11.8 Å². The number of aryl methyl sites for hydroxylation is 3. The zero-order chi connectivity index (χ0) is 23.7. The molecule has 0 radical (unpaired) electrons. The third-order valence-electron chi connectivity index (χ3n) is 5.97. The van der Waals surface area contributed by atoms with Crippen molar-refractivity contribution < 1.29 is 9.59 Å². The number of rotatable bonds is 6. The van der Waals surface area contributed by atoms with Crippen LogP contribution in [0.2, 0.25) is 0 Å². The Kier molecular flexibility index (Phi) is 6.05. The fraction of sp³-hybridized carbons (Fsp3) is 0.214. The lowest BCUT2D eigenvalue weighted by atomic mass is 9.97. The van der Waals surface area contributed by atoms with Crippen LogP contribution in [0.25, 0.3) is 5.57 Å². The van der Waals surface area contributed by atoms with E-state index in [9.17, 15) is 9.59 Å². The van der Waals surface area contributed by atoms with Crippen LogP contribution in [-0.2, 0) is 16.0 Å². The first-order valence-electron chi connectivity index (χ1n) is 11.1. The van der Waals surface area contributed by atoms with Crippen molar-refractivity contribution in [3.63, 3.8) is 0 Å². The SMILES string of the molecule is CCc1ccc(NC2=C(c3ccc(C)cc3C)C(=O)N(c3cccc(N(C)C)c3)C2=O)cc1. The molecule has 0 fully saturated rings. The standard InChI is InChI=1S/C28H29N3O2/c1-6-20-11-13-21(14-12-20)29-26-25(24-15-10-18(2)16-19(24)3)27(32)31(28(26)33)23-9-7-8-22(17-23)30(4)5/h7-17,29H,6H2,1-5H3. The summed E-state index contributed by atoms with van der Waals surface area (Å²) < 4.78 is 0. The van der Waals surface area contributed by atoms with Gasteiger partial charge in [0.15, 0.2) is 0 Å². The Balaban J connectivity index is 1.83. The summed E-state index contributed by atoms with van der Waals surface area (Å²) in [7, 11) is 3.86. The Bertz CT molecular complexity index is 1260. The molecule has 3 aromatic rings. The molecule has 168 valence electrons. The average molecular weight is 440 g/mol. The summed E-state index contributed by atoms with van der Waals surface area (Å²) in [5.74, 6) is -0.680. The maximum Gasteiger partial charge on any atom is 0.282 e. The van der Waals surface area contributed by atoms with Gasteiger partial charge in [0, 0.05) is 25.5 Å². The van der Waals surface area contributed by atoms with Gasteiger partial charge in [-0.25, -0.2) is 4.90 Å². The maximum absolute atomic E-state index is 13.7. The van der Waals surface area contributed by atoms with Crippen molar-refractivity contribution in [2.24, 2.45) is 0 Å². The highest BCUT2D eigenvalue weighted by atomic mass is 16.2. The Hall–Kier alpha value is -3.86. The lowest BCUT2D eigenvalue weighted by molar-refractivity contribution is -0.120. The van der Waals surface area contributed by atoms with Gasteiger partial charge in [0.1, 0.15) is 5.70 Å². The van der Waals surface area contributed by atoms with Crippen molar-refractivity contribution in [3.05, 3.63) is 94.7 Å². The second kappa shape index (κ2) is 8.94. The molecule has 0 atom stereocenters. The summed E-state index contributed by atoms with van der Waals surface area (Å²) in [6.45, 7) is 6.08. The number of nitrogens with zero attached hydrogens (tertiary/aromatic N) is 2. The van der Waals surface area contributed by atoms with Crippen molar-refractivity contribution in [1.82, 2.24) is 0 Å². The molecule has 1 N–H and O–H groups in total. The third kappa shape index (κ3) is 4.27. The van der Waals surface area contributed by atoms with E-state index in [1.54, 1.807) is 6.07 Å². The third-order valence-corrected chi connectivity index (χ3v) is 5.97. The molecule has 0 unspecified atom stereocenters. The predicted octanol–water partition coefficient (Wildman–Crippen LogP) is 5.33. The molecule has 0 bridgehead atoms. The monoisotopic (exact) mass is 439 g/mol. The van der Waals surface area contributed by atoms with E-state index in [1.807, 2.05) is 93.5 Å². The molecule has 0 aromatic heterocycles. The maximum atomic E-state index is 13.7. The first-order valence-corrected chi connectivity index (χ1v) is 11.1. The molecule has 33 heavy (non-hydrogen) atoms. The summed E-state index contributed by atoms with van der Waals surface area (Å²) in [6.07, 6.45) is 0.935. The molecule has 1 aliphatic heterocycles. The van der Waals surface area contributed by atoms with Crippen LogP contribution >= 0.6 is 0 Å². The normalized spacial score (nSPS) is 13.7. The highest BCUT2D eigenvalue weighted by Crippen LogP contribution is 2.36. The van der Waals surface area contributed by atoms with Gasteiger partial charge in [0.2, 0.25) is 0 Å². The van der Waals surface area contributed by atoms with Gasteiger partial charge in [-0.2, -0.15) is 0 Å². The van der Waals surface area contributed by atoms with Crippen molar-refractivity contribution in [1.29, 1.82) is 0 Å². The molecule has 0 saturated heterocycles. The number of hydrogen-bond donors (Lipinski definition) is 1. The Morgan fingerprint density at radius 3 is 2.24 bits per heavy atom. The number of nitrogens with one attached hydrogen (secondary N) is 1. The van der Waals surface area contributed by atoms with E-state index in [1.165, 1.54) is 10.5 Å².